The van der Waals surface area contributed by atoms with Crippen molar-refractivity contribution in [3.05, 3.63) is 54.2 Å². The molecule has 4 heterocycles. The molecule has 0 saturated carbocycles. The minimum Gasteiger partial charge on any atom is -0.454 e. The average Bonchev–Trinajstić information content (AvgIpc) is 3.42. The Morgan fingerprint density at radius 3 is 2.85 bits per heavy atom. The lowest BCUT2D eigenvalue weighted by molar-refractivity contribution is 0.174. The average molecular weight is 350 g/mol. The number of benzene rings is 1. The summed E-state index contributed by atoms with van der Waals surface area (Å²) in [6, 6.07) is 9.87. The fourth-order valence-corrected chi connectivity index (χ4v) is 3.49. The number of fused-ring (bicyclic) bond motifs is 1. The first-order chi connectivity index (χ1) is 12.8. The van der Waals surface area contributed by atoms with Gasteiger partial charge in [0.05, 0.1) is 5.92 Å². The number of hydrogen-bond donors (Lipinski definition) is 0. The van der Waals surface area contributed by atoms with Gasteiger partial charge in [0, 0.05) is 31.0 Å². The molecule has 1 aromatic carbocycles. The lowest BCUT2D eigenvalue weighted by atomic mass is 10.1. The summed E-state index contributed by atoms with van der Waals surface area (Å²) in [5.74, 6) is 3.19. The van der Waals surface area contributed by atoms with Crippen LogP contribution >= 0.6 is 0 Å². The molecule has 2 aliphatic heterocycles. The molecule has 0 spiro atoms. The molecule has 0 aliphatic carbocycles. The minimum absolute atomic E-state index is 0.270. The van der Waals surface area contributed by atoms with Crippen LogP contribution in [-0.4, -0.2) is 40.0 Å². The molecule has 0 bridgehead atoms. The predicted molar refractivity (Wildman–Crippen MR) is 92.7 cm³/mol. The van der Waals surface area contributed by atoms with Crippen molar-refractivity contribution < 1.29 is 13.9 Å². The SMILES string of the molecule is c1cc(-c2nnc([C@H]3CCN(Cc4ccc5c(c4)OCO5)C3)o2)ccn1. The molecule has 0 unspecified atom stereocenters. The van der Waals surface area contributed by atoms with Crippen molar-refractivity contribution in [1.29, 1.82) is 0 Å². The van der Waals surface area contributed by atoms with E-state index in [9.17, 15) is 0 Å². The third-order valence-corrected chi connectivity index (χ3v) is 4.83. The lowest BCUT2D eigenvalue weighted by Crippen LogP contribution is -2.19. The van der Waals surface area contributed by atoms with Crippen LogP contribution in [0.15, 0.2) is 47.1 Å². The van der Waals surface area contributed by atoms with Gasteiger partial charge in [-0.25, -0.2) is 0 Å². The first kappa shape index (κ1) is 15.3. The molecule has 5 rings (SSSR count). The van der Waals surface area contributed by atoms with E-state index in [0.29, 0.717) is 18.6 Å². The molecule has 1 fully saturated rings. The molecule has 1 atom stereocenters. The van der Waals surface area contributed by atoms with Crippen LogP contribution in [0.2, 0.25) is 0 Å². The maximum Gasteiger partial charge on any atom is 0.247 e. The highest BCUT2D eigenvalue weighted by molar-refractivity contribution is 5.50. The Balaban J connectivity index is 1.25. The van der Waals surface area contributed by atoms with E-state index >= 15 is 0 Å². The van der Waals surface area contributed by atoms with Crippen molar-refractivity contribution in [3.8, 4) is 23.0 Å². The third-order valence-electron chi connectivity index (χ3n) is 4.83. The van der Waals surface area contributed by atoms with Crippen LogP contribution in [-0.2, 0) is 6.54 Å². The van der Waals surface area contributed by atoms with Gasteiger partial charge in [-0.2, -0.15) is 0 Å². The quantitative estimate of drug-likeness (QED) is 0.716. The topological polar surface area (TPSA) is 73.5 Å². The summed E-state index contributed by atoms with van der Waals surface area (Å²) in [7, 11) is 0. The Kier molecular flexibility index (Phi) is 3.79. The number of rotatable bonds is 4. The summed E-state index contributed by atoms with van der Waals surface area (Å²) in [6.45, 7) is 3.10. The molecule has 7 heteroatoms. The molecule has 0 radical (unpaired) electrons. The molecule has 3 aromatic rings. The molecule has 0 amide bonds. The molecule has 26 heavy (non-hydrogen) atoms. The maximum absolute atomic E-state index is 5.90. The number of ether oxygens (including phenoxy) is 2. The van der Waals surface area contributed by atoms with Crippen molar-refractivity contribution in [2.24, 2.45) is 0 Å². The van der Waals surface area contributed by atoms with Crippen LogP contribution in [0.5, 0.6) is 11.5 Å². The summed E-state index contributed by atoms with van der Waals surface area (Å²) in [4.78, 5) is 6.41. The Morgan fingerprint density at radius 2 is 1.92 bits per heavy atom. The summed E-state index contributed by atoms with van der Waals surface area (Å²) in [6.07, 6.45) is 4.46. The molecule has 0 N–H and O–H groups in total. The number of pyridine rings is 1. The standard InChI is InChI=1S/C19H18N4O3/c1-2-16-17(25-12-24-16)9-13(1)10-23-8-5-15(11-23)19-22-21-18(26-19)14-3-6-20-7-4-14/h1-4,6-7,9,15H,5,8,10-12H2/t15-/m0/s1. The van der Waals surface area contributed by atoms with Crippen LogP contribution in [0.4, 0.5) is 0 Å². The molecular formula is C19H18N4O3. The van der Waals surface area contributed by atoms with Gasteiger partial charge in [-0.05, 0) is 42.8 Å². The van der Waals surface area contributed by atoms with Crippen molar-refractivity contribution in [2.75, 3.05) is 19.9 Å². The van der Waals surface area contributed by atoms with E-state index in [2.05, 4.69) is 32.2 Å². The third kappa shape index (κ3) is 2.90. The minimum atomic E-state index is 0.270. The van der Waals surface area contributed by atoms with E-state index < -0.39 is 0 Å². The summed E-state index contributed by atoms with van der Waals surface area (Å²) in [5, 5.41) is 8.45. The lowest BCUT2D eigenvalue weighted by Gasteiger charge is -2.15. The zero-order valence-electron chi connectivity index (χ0n) is 14.2. The zero-order valence-corrected chi connectivity index (χ0v) is 14.2. The van der Waals surface area contributed by atoms with Crippen LogP contribution in [0.3, 0.4) is 0 Å². The maximum atomic E-state index is 5.90. The van der Waals surface area contributed by atoms with E-state index in [1.165, 1.54) is 5.56 Å². The van der Waals surface area contributed by atoms with Crippen molar-refractivity contribution in [3.63, 3.8) is 0 Å². The molecule has 2 aliphatic rings. The largest absolute Gasteiger partial charge is 0.454 e. The second-order valence-corrected chi connectivity index (χ2v) is 6.59. The highest BCUT2D eigenvalue weighted by Gasteiger charge is 2.28. The van der Waals surface area contributed by atoms with Gasteiger partial charge in [0.2, 0.25) is 18.6 Å². The van der Waals surface area contributed by atoms with Crippen molar-refractivity contribution >= 4 is 0 Å². The smallest absolute Gasteiger partial charge is 0.247 e. The van der Waals surface area contributed by atoms with E-state index in [0.717, 1.165) is 43.1 Å². The van der Waals surface area contributed by atoms with Gasteiger partial charge in [0.1, 0.15) is 0 Å². The number of likely N-dealkylation sites (tertiary alicyclic amines) is 1. The summed E-state index contributed by atoms with van der Waals surface area (Å²) < 4.78 is 16.7. The molecular weight excluding hydrogens is 332 g/mol. The monoisotopic (exact) mass is 350 g/mol. The van der Waals surface area contributed by atoms with Gasteiger partial charge in [-0.1, -0.05) is 6.07 Å². The normalized spacial score (nSPS) is 19.2. The number of aromatic nitrogens is 3. The summed E-state index contributed by atoms with van der Waals surface area (Å²) >= 11 is 0. The van der Waals surface area contributed by atoms with E-state index in [-0.39, 0.29) is 5.92 Å². The van der Waals surface area contributed by atoms with Gasteiger partial charge >= 0.3 is 0 Å². The first-order valence-electron chi connectivity index (χ1n) is 8.70. The fourth-order valence-electron chi connectivity index (χ4n) is 3.49. The molecule has 132 valence electrons. The van der Waals surface area contributed by atoms with Crippen LogP contribution in [0, 0.1) is 0 Å². The van der Waals surface area contributed by atoms with Gasteiger partial charge in [0.25, 0.3) is 0 Å². The molecule has 1 saturated heterocycles. The Bertz CT molecular complexity index is 912. The van der Waals surface area contributed by atoms with Crippen molar-refractivity contribution in [2.45, 2.75) is 18.9 Å². The second kappa shape index (κ2) is 6.42. The van der Waals surface area contributed by atoms with Gasteiger partial charge in [-0.15, -0.1) is 10.2 Å². The van der Waals surface area contributed by atoms with Gasteiger partial charge in [0.15, 0.2) is 11.5 Å². The molecule has 2 aromatic heterocycles. The van der Waals surface area contributed by atoms with E-state index in [1.807, 2.05) is 18.2 Å². The Morgan fingerprint density at radius 1 is 1.04 bits per heavy atom. The van der Waals surface area contributed by atoms with Crippen molar-refractivity contribution in [1.82, 2.24) is 20.1 Å². The zero-order chi connectivity index (χ0) is 17.3. The number of hydrogen-bond acceptors (Lipinski definition) is 7. The Hall–Kier alpha value is -2.93. The van der Waals surface area contributed by atoms with Crippen LogP contribution in [0.25, 0.3) is 11.5 Å². The van der Waals surface area contributed by atoms with Crippen LogP contribution < -0.4 is 9.47 Å². The van der Waals surface area contributed by atoms with E-state index in [1.54, 1.807) is 12.4 Å². The molecule has 7 nitrogen and oxygen atoms in total. The predicted octanol–water partition coefficient (Wildman–Crippen LogP) is 2.85. The number of nitrogens with zero attached hydrogens (tertiary/aromatic N) is 4. The Labute approximate surface area is 150 Å². The van der Waals surface area contributed by atoms with Gasteiger partial charge < -0.3 is 13.9 Å². The first-order valence-corrected chi connectivity index (χ1v) is 8.70. The van der Waals surface area contributed by atoms with Gasteiger partial charge in [-0.3, -0.25) is 9.88 Å². The second-order valence-electron chi connectivity index (χ2n) is 6.59. The highest BCUT2D eigenvalue weighted by atomic mass is 16.7. The van der Waals surface area contributed by atoms with Crippen LogP contribution in [0.1, 0.15) is 23.8 Å². The fraction of sp³-hybridized carbons (Fsp3) is 0.316. The summed E-state index contributed by atoms with van der Waals surface area (Å²) in [5.41, 5.74) is 2.12. The highest BCUT2D eigenvalue weighted by Crippen LogP contribution is 2.34. The van der Waals surface area contributed by atoms with E-state index in [4.69, 9.17) is 13.9 Å².